The molecular weight excluding hydrogens is 238 g/mol. The molecule has 0 spiro atoms. The summed E-state index contributed by atoms with van der Waals surface area (Å²) in [6.07, 6.45) is 0.616. The Kier molecular flexibility index (Phi) is 5.00. The minimum absolute atomic E-state index is 0.0403. The zero-order valence-corrected chi connectivity index (χ0v) is 12.0. The number of carbonyl (C=O) groups excluding carboxylic acids is 1. The molecule has 0 unspecified atom stereocenters. The van der Waals surface area contributed by atoms with Gasteiger partial charge in [-0.05, 0) is 23.6 Å². The molecule has 1 aromatic rings. The molecule has 0 saturated carbocycles. The third kappa shape index (κ3) is 5.05. The largest absolute Gasteiger partial charge is 0.508 e. The summed E-state index contributed by atoms with van der Waals surface area (Å²) in [6.45, 7) is 8.21. The SMILES string of the molecule is CC(=O)NCCC#Cc1ccc(O)c(C(C)(C)C)c1. The van der Waals surface area contributed by atoms with Crippen LogP contribution < -0.4 is 5.32 Å². The van der Waals surface area contributed by atoms with Gasteiger partial charge in [0.2, 0.25) is 5.91 Å². The molecule has 1 amide bonds. The highest BCUT2D eigenvalue weighted by molar-refractivity contribution is 5.72. The molecule has 1 rings (SSSR count). The van der Waals surface area contributed by atoms with Crippen molar-refractivity contribution in [3.05, 3.63) is 29.3 Å². The number of phenols is 1. The Hall–Kier alpha value is -1.95. The first-order valence-electron chi connectivity index (χ1n) is 6.37. The van der Waals surface area contributed by atoms with Crippen molar-refractivity contribution in [2.24, 2.45) is 0 Å². The molecule has 0 atom stereocenters. The quantitative estimate of drug-likeness (QED) is 0.633. The van der Waals surface area contributed by atoms with Crippen LogP contribution in [-0.2, 0) is 10.2 Å². The van der Waals surface area contributed by atoms with Crippen LogP contribution in [0.4, 0.5) is 0 Å². The van der Waals surface area contributed by atoms with E-state index in [1.807, 2.05) is 6.07 Å². The van der Waals surface area contributed by atoms with Crippen LogP contribution >= 0.6 is 0 Å². The fraction of sp³-hybridized carbons (Fsp3) is 0.438. The summed E-state index contributed by atoms with van der Waals surface area (Å²) in [5, 5.41) is 12.5. The van der Waals surface area contributed by atoms with E-state index in [9.17, 15) is 9.90 Å². The molecule has 3 nitrogen and oxygen atoms in total. The van der Waals surface area contributed by atoms with E-state index in [1.165, 1.54) is 6.92 Å². The van der Waals surface area contributed by atoms with E-state index in [-0.39, 0.29) is 11.3 Å². The van der Waals surface area contributed by atoms with Gasteiger partial charge in [-0.1, -0.05) is 32.6 Å². The lowest BCUT2D eigenvalue weighted by Crippen LogP contribution is -2.20. The van der Waals surface area contributed by atoms with Gasteiger partial charge in [-0.3, -0.25) is 4.79 Å². The standard InChI is InChI=1S/C16H21NO2/c1-12(18)17-10-6-5-7-13-8-9-15(19)14(11-13)16(2,3)4/h8-9,11,19H,6,10H2,1-4H3,(H,17,18). The van der Waals surface area contributed by atoms with Crippen molar-refractivity contribution in [2.45, 2.75) is 39.5 Å². The number of aromatic hydroxyl groups is 1. The summed E-state index contributed by atoms with van der Waals surface area (Å²) in [5.41, 5.74) is 1.66. The van der Waals surface area contributed by atoms with Gasteiger partial charge in [0.05, 0.1) is 0 Å². The minimum Gasteiger partial charge on any atom is -0.508 e. The van der Waals surface area contributed by atoms with E-state index < -0.39 is 0 Å². The van der Waals surface area contributed by atoms with Crippen LogP contribution in [0.5, 0.6) is 5.75 Å². The maximum Gasteiger partial charge on any atom is 0.216 e. The van der Waals surface area contributed by atoms with Gasteiger partial charge in [0, 0.05) is 31.0 Å². The summed E-state index contributed by atoms with van der Waals surface area (Å²) in [5.74, 6) is 6.32. The smallest absolute Gasteiger partial charge is 0.216 e. The molecule has 0 aliphatic heterocycles. The van der Waals surface area contributed by atoms with Gasteiger partial charge >= 0.3 is 0 Å². The van der Waals surface area contributed by atoms with E-state index in [4.69, 9.17) is 0 Å². The number of hydrogen-bond acceptors (Lipinski definition) is 2. The summed E-state index contributed by atoms with van der Waals surface area (Å²) in [7, 11) is 0. The summed E-state index contributed by atoms with van der Waals surface area (Å²) < 4.78 is 0. The topological polar surface area (TPSA) is 49.3 Å². The zero-order chi connectivity index (χ0) is 14.5. The molecule has 0 saturated heterocycles. The summed E-state index contributed by atoms with van der Waals surface area (Å²) in [6, 6.07) is 5.40. The molecule has 0 radical (unpaired) electrons. The van der Waals surface area contributed by atoms with Crippen LogP contribution in [0.1, 0.15) is 45.2 Å². The van der Waals surface area contributed by atoms with Crippen LogP contribution in [0.15, 0.2) is 18.2 Å². The van der Waals surface area contributed by atoms with Crippen molar-refractivity contribution in [2.75, 3.05) is 6.54 Å². The summed E-state index contributed by atoms with van der Waals surface area (Å²) >= 11 is 0. The first kappa shape index (κ1) is 15.1. The monoisotopic (exact) mass is 259 g/mol. The third-order valence-electron chi connectivity index (χ3n) is 2.66. The van der Waals surface area contributed by atoms with Crippen molar-refractivity contribution < 1.29 is 9.90 Å². The molecule has 19 heavy (non-hydrogen) atoms. The van der Waals surface area contributed by atoms with Crippen molar-refractivity contribution in [3.63, 3.8) is 0 Å². The number of benzene rings is 1. The molecule has 0 aliphatic rings. The molecule has 0 bridgehead atoms. The Morgan fingerprint density at radius 3 is 2.63 bits per heavy atom. The lowest BCUT2D eigenvalue weighted by Gasteiger charge is -2.20. The fourth-order valence-corrected chi connectivity index (χ4v) is 1.68. The third-order valence-corrected chi connectivity index (χ3v) is 2.66. The molecule has 0 aromatic heterocycles. The van der Waals surface area contributed by atoms with E-state index in [1.54, 1.807) is 12.1 Å². The molecule has 0 fully saturated rings. The van der Waals surface area contributed by atoms with Gasteiger partial charge in [-0.25, -0.2) is 0 Å². The van der Waals surface area contributed by atoms with Crippen LogP contribution in [0.2, 0.25) is 0 Å². The lowest BCUT2D eigenvalue weighted by atomic mass is 9.85. The van der Waals surface area contributed by atoms with E-state index >= 15 is 0 Å². The predicted molar refractivity (Wildman–Crippen MR) is 77.0 cm³/mol. The van der Waals surface area contributed by atoms with E-state index in [2.05, 4.69) is 37.9 Å². The normalized spacial score (nSPS) is 10.5. The number of hydrogen-bond donors (Lipinski definition) is 2. The number of rotatable bonds is 2. The highest BCUT2D eigenvalue weighted by atomic mass is 16.3. The number of amides is 1. The van der Waals surface area contributed by atoms with Crippen LogP contribution in [-0.4, -0.2) is 17.6 Å². The van der Waals surface area contributed by atoms with Crippen molar-refractivity contribution in [1.82, 2.24) is 5.32 Å². The van der Waals surface area contributed by atoms with Crippen LogP contribution in [0.3, 0.4) is 0 Å². The van der Waals surface area contributed by atoms with Gasteiger partial charge in [0.15, 0.2) is 0 Å². The number of nitrogens with one attached hydrogen (secondary N) is 1. The first-order chi connectivity index (χ1) is 8.80. The molecule has 1 aromatic carbocycles. The second-order valence-corrected chi connectivity index (χ2v) is 5.52. The number of phenolic OH excluding ortho intramolecular Hbond substituents is 1. The Labute approximate surface area is 115 Å². The molecule has 3 heteroatoms. The van der Waals surface area contributed by atoms with Crippen LogP contribution in [0.25, 0.3) is 0 Å². The van der Waals surface area contributed by atoms with Crippen molar-refractivity contribution >= 4 is 5.91 Å². The Balaban J connectivity index is 2.75. The second kappa shape index (κ2) is 6.29. The van der Waals surface area contributed by atoms with Crippen LogP contribution in [0, 0.1) is 11.8 Å². The lowest BCUT2D eigenvalue weighted by molar-refractivity contribution is -0.118. The maximum absolute atomic E-state index is 10.7. The predicted octanol–water partition coefficient (Wildman–Crippen LogP) is 2.57. The van der Waals surface area contributed by atoms with E-state index in [0.717, 1.165) is 11.1 Å². The number of carbonyl (C=O) groups is 1. The van der Waals surface area contributed by atoms with Gasteiger partial charge in [-0.2, -0.15) is 0 Å². The Bertz CT molecular complexity index is 516. The minimum atomic E-state index is -0.113. The highest BCUT2D eigenvalue weighted by Crippen LogP contribution is 2.30. The van der Waals surface area contributed by atoms with Gasteiger partial charge in [0.1, 0.15) is 5.75 Å². The average Bonchev–Trinajstić information content (AvgIpc) is 2.28. The first-order valence-corrected chi connectivity index (χ1v) is 6.37. The zero-order valence-electron chi connectivity index (χ0n) is 12.0. The van der Waals surface area contributed by atoms with Gasteiger partial charge < -0.3 is 10.4 Å². The maximum atomic E-state index is 10.7. The van der Waals surface area contributed by atoms with Gasteiger partial charge in [0.25, 0.3) is 0 Å². The molecule has 0 heterocycles. The van der Waals surface area contributed by atoms with E-state index in [0.29, 0.717) is 18.7 Å². The average molecular weight is 259 g/mol. The van der Waals surface area contributed by atoms with Gasteiger partial charge in [-0.15, -0.1) is 0 Å². The molecule has 2 N–H and O–H groups in total. The molecular formula is C16H21NO2. The van der Waals surface area contributed by atoms with Crippen molar-refractivity contribution in [3.8, 4) is 17.6 Å². The second-order valence-electron chi connectivity index (χ2n) is 5.52. The Morgan fingerprint density at radius 1 is 1.37 bits per heavy atom. The molecule has 0 aliphatic carbocycles. The van der Waals surface area contributed by atoms with Crippen molar-refractivity contribution in [1.29, 1.82) is 0 Å². The fourth-order valence-electron chi connectivity index (χ4n) is 1.68. The molecule has 102 valence electrons. The summed E-state index contributed by atoms with van der Waals surface area (Å²) in [4.78, 5) is 10.7. The highest BCUT2D eigenvalue weighted by Gasteiger charge is 2.17. The Morgan fingerprint density at radius 2 is 2.05 bits per heavy atom.